The molecule has 0 aromatic heterocycles. The molecule has 0 fully saturated rings. The summed E-state index contributed by atoms with van der Waals surface area (Å²) in [4.78, 5) is 0. The molecule has 9 heavy (non-hydrogen) atoms. The van der Waals surface area contributed by atoms with Gasteiger partial charge < -0.3 is 4.74 Å². The van der Waals surface area contributed by atoms with Gasteiger partial charge in [-0.25, -0.2) is 4.39 Å². The van der Waals surface area contributed by atoms with Crippen LogP contribution in [0.5, 0.6) is 5.75 Å². The Labute approximate surface area is 53.1 Å². The first-order valence-corrected chi connectivity index (χ1v) is 2.54. The smallest absolute Gasteiger partial charge is 0.165 e. The highest BCUT2D eigenvalue weighted by molar-refractivity contribution is 5.22. The zero-order valence-electron chi connectivity index (χ0n) is 5.02. The van der Waals surface area contributed by atoms with Crippen LogP contribution in [-0.4, -0.2) is 7.11 Å². The van der Waals surface area contributed by atoms with E-state index in [0.717, 1.165) is 0 Å². The molecule has 1 nitrogen and oxygen atoms in total. The average molecular weight is 125 g/mol. The van der Waals surface area contributed by atoms with Gasteiger partial charge in [-0.05, 0) is 18.2 Å². The molecular weight excluding hydrogens is 119 g/mol. The number of rotatable bonds is 1. The first kappa shape index (κ1) is 6.08. The van der Waals surface area contributed by atoms with Crippen molar-refractivity contribution in [1.82, 2.24) is 0 Å². The lowest BCUT2D eigenvalue weighted by molar-refractivity contribution is 0.386. The van der Waals surface area contributed by atoms with Crippen LogP contribution in [0.3, 0.4) is 0 Å². The van der Waals surface area contributed by atoms with Crippen molar-refractivity contribution in [3.8, 4) is 5.75 Å². The van der Waals surface area contributed by atoms with Crippen molar-refractivity contribution < 1.29 is 9.13 Å². The van der Waals surface area contributed by atoms with E-state index in [0.29, 0.717) is 0 Å². The normalized spacial score (nSPS) is 9.11. The zero-order valence-corrected chi connectivity index (χ0v) is 5.02. The lowest BCUT2D eigenvalue weighted by Crippen LogP contribution is -1.85. The summed E-state index contributed by atoms with van der Waals surface area (Å²) >= 11 is 0. The molecule has 0 bridgehead atoms. The molecule has 0 aliphatic heterocycles. The number of halogens is 1. The molecule has 2 heteroatoms. The van der Waals surface area contributed by atoms with Crippen LogP contribution in [0.25, 0.3) is 0 Å². The van der Waals surface area contributed by atoms with Gasteiger partial charge in [0.05, 0.1) is 7.11 Å². The highest BCUT2D eigenvalue weighted by atomic mass is 19.1. The molecule has 0 atom stereocenters. The van der Waals surface area contributed by atoms with Crippen molar-refractivity contribution in [2.24, 2.45) is 0 Å². The maximum atomic E-state index is 12.4. The van der Waals surface area contributed by atoms with Crippen molar-refractivity contribution in [2.75, 3.05) is 7.11 Å². The first-order valence-electron chi connectivity index (χ1n) is 2.54. The van der Waals surface area contributed by atoms with Crippen LogP contribution < -0.4 is 4.74 Å². The van der Waals surface area contributed by atoms with Gasteiger partial charge in [-0.2, -0.15) is 0 Å². The summed E-state index contributed by atoms with van der Waals surface area (Å²) in [6, 6.07) is 6.94. The Bertz CT molecular complexity index is 198. The quantitative estimate of drug-likeness (QED) is 0.554. The van der Waals surface area contributed by atoms with Crippen LogP contribution in [0.4, 0.5) is 4.39 Å². The summed E-state index contributed by atoms with van der Waals surface area (Å²) < 4.78 is 17.1. The molecule has 0 aliphatic carbocycles. The third-order valence-corrected chi connectivity index (χ3v) is 0.996. The summed E-state index contributed by atoms with van der Waals surface area (Å²) in [6.45, 7) is 0. The van der Waals surface area contributed by atoms with Gasteiger partial charge in [0.2, 0.25) is 0 Å². The largest absolute Gasteiger partial charge is 0.494 e. The van der Waals surface area contributed by atoms with Crippen LogP contribution >= 0.6 is 0 Å². The van der Waals surface area contributed by atoms with E-state index in [1.54, 1.807) is 0 Å². The minimum Gasteiger partial charge on any atom is -0.494 e. The van der Waals surface area contributed by atoms with Crippen LogP contribution in [0.2, 0.25) is 0 Å². The van der Waals surface area contributed by atoms with Crippen molar-refractivity contribution in [2.45, 2.75) is 0 Å². The summed E-state index contributed by atoms with van der Waals surface area (Å²) in [5.74, 6) is -0.117. The van der Waals surface area contributed by atoms with E-state index in [4.69, 9.17) is 0 Å². The Hall–Kier alpha value is -1.05. The molecule has 0 saturated carbocycles. The summed E-state index contributed by atoms with van der Waals surface area (Å²) in [7, 11) is 1.42. The third-order valence-electron chi connectivity index (χ3n) is 0.996. The maximum Gasteiger partial charge on any atom is 0.165 e. The Morgan fingerprint density at radius 3 is 2.89 bits per heavy atom. The third kappa shape index (κ3) is 1.19. The van der Waals surface area contributed by atoms with Gasteiger partial charge in [-0.1, -0.05) is 6.07 Å². The number of hydrogen-bond donors (Lipinski definition) is 0. The van der Waals surface area contributed by atoms with Crippen molar-refractivity contribution in [1.29, 1.82) is 0 Å². The molecule has 1 radical (unpaired) electrons. The molecule has 0 aliphatic rings. The van der Waals surface area contributed by atoms with Crippen LogP contribution in [0.1, 0.15) is 0 Å². The summed E-state index contributed by atoms with van der Waals surface area (Å²) in [5, 5.41) is 0. The highest BCUT2D eigenvalue weighted by Gasteiger charge is 1.95. The Kier molecular flexibility index (Phi) is 1.68. The maximum absolute atomic E-state index is 12.4. The average Bonchev–Trinajstić information content (AvgIpc) is 1.89. The Morgan fingerprint density at radius 1 is 1.67 bits per heavy atom. The second-order valence-electron chi connectivity index (χ2n) is 1.56. The van der Waals surface area contributed by atoms with Gasteiger partial charge in [0.25, 0.3) is 0 Å². The van der Waals surface area contributed by atoms with E-state index >= 15 is 0 Å². The molecule has 0 spiro atoms. The molecule has 1 aromatic carbocycles. The zero-order chi connectivity index (χ0) is 6.69. The van der Waals surface area contributed by atoms with Gasteiger partial charge in [0.1, 0.15) is 0 Å². The highest BCUT2D eigenvalue weighted by Crippen LogP contribution is 2.13. The molecule has 1 aromatic rings. The van der Waals surface area contributed by atoms with E-state index in [1.165, 1.54) is 25.3 Å². The van der Waals surface area contributed by atoms with E-state index in [-0.39, 0.29) is 11.6 Å². The van der Waals surface area contributed by atoms with Crippen molar-refractivity contribution in [3.05, 3.63) is 30.1 Å². The van der Waals surface area contributed by atoms with Gasteiger partial charge in [0.15, 0.2) is 11.6 Å². The van der Waals surface area contributed by atoms with E-state index in [1.807, 2.05) is 0 Å². The topological polar surface area (TPSA) is 9.23 Å². The fourth-order valence-corrected chi connectivity index (χ4v) is 0.553. The summed E-state index contributed by atoms with van der Waals surface area (Å²) in [6.07, 6.45) is 0. The van der Waals surface area contributed by atoms with Gasteiger partial charge in [-0.3, -0.25) is 0 Å². The minimum absolute atomic E-state index is 0.234. The van der Waals surface area contributed by atoms with Crippen molar-refractivity contribution in [3.63, 3.8) is 0 Å². The molecule has 0 heterocycles. The van der Waals surface area contributed by atoms with E-state index < -0.39 is 0 Å². The monoisotopic (exact) mass is 125 g/mol. The molecule has 0 N–H and O–H groups in total. The summed E-state index contributed by atoms with van der Waals surface area (Å²) in [5.41, 5.74) is 0. The van der Waals surface area contributed by atoms with E-state index in [9.17, 15) is 4.39 Å². The molecule has 0 saturated heterocycles. The predicted octanol–water partition coefficient (Wildman–Crippen LogP) is 1.63. The van der Waals surface area contributed by atoms with Gasteiger partial charge >= 0.3 is 0 Å². The van der Waals surface area contributed by atoms with Crippen molar-refractivity contribution >= 4 is 0 Å². The SMILES string of the molecule is COc1c[c]ccc1F. The molecule has 0 unspecified atom stereocenters. The predicted molar refractivity (Wildman–Crippen MR) is 31.8 cm³/mol. The second-order valence-corrected chi connectivity index (χ2v) is 1.56. The standard InChI is InChI=1S/C7H6FO/c1-9-7-5-3-2-4-6(7)8/h2,4-5H,1H3. The number of benzene rings is 1. The number of hydrogen-bond acceptors (Lipinski definition) is 1. The van der Waals surface area contributed by atoms with Crippen LogP contribution in [0.15, 0.2) is 18.2 Å². The molecular formula is C7H6FO. The second kappa shape index (κ2) is 2.49. The first-order chi connectivity index (χ1) is 4.34. The molecule has 47 valence electrons. The fourth-order valence-electron chi connectivity index (χ4n) is 0.553. The number of methoxy groups -OCH3 is 1. The van der Waals surface area contributed by atoms with E-state index in [2.05, 4.69) is 10.8 Å². The molecule has 0 amide bonds. The number of ether oxygens (including phenoxy) is 1. The lowest BCUT2D eigenvalue weighted by atomic mass is 10.3. The van der Waals surface area contributed by atoms with Gasteiger partial charge in [0, 0.05) is 0 Å². The Balaban J connectivity index is 3.01. The van der Waals surface area contributed by atoms with Crippen LogP contribution in [0, 0.1) is 11.9 Å². The fraction of sp³-hybridized carbons (Fsp3) is 0.143. The van der Waals surface area contributed by atoms with Gasteiger partial charge in [-0.15, -0.1) is 0 Å². The Morgan fingerprint density at radius 2 is 2.44 bits per heavy atom. The van der Waals surface area contributed by atoms with Crippen LogP contribution in [-0.2, 0) is 0 Å². The minimum atomic E-state index is -0.351. The molecule has 1 rings (SSSR count). The lowest BCUT2D eigenvalue weighted by Gasteiger charge is -1.97.